The normalized spacial score (nSPS) is 10.4. The molecule has 0 bridgehead atoms. The van der Waals surface area contributed by atoms with E-state index in [1.165, 1.54) is 12.1 Å². The maximum atomic E-state index is 11.1. The second-order valence-electron chi connectivity index (χ2n) is 4.55. The van der Waals surface area contributed by atoms with Crippen LogP contribution in [-0.2, 0) is 6.61 Å². The second kappa shape index (κ2) is 8.08. The van der Waals surface area contributed by atoms with E-state index in [1.54, 1.807) is 18.2 Å². The van der Waals surface area contributed by atoms with Gasteiger partial charge >= 0.3 is 5.97 Å². The first-order chi connectivity index (χ1) is 10.9. The van der Waals surface area contributed by atoms with Crippen LogP contribution in [0.15, 0.2) is 30.3 Å². The standard InChI is InChI=1S/C16H13Cl2IO4/c1-2-22-14-6-10(16(20)21)5-13(19)15(14)23-8-9-3-4-11(17)7-12(9)18/h3-7H,2,8H2,1H3,(H,20,21). The number of rotatable bonds is 6. The fourth-order valence-electron chi connectivity index (χ4n) is 1.88. The third kappa shape index (κ3) is 4.65. The van der Waals surface area contributed by atoms with E-state index in [4.69, 9.17) is 37.8 Å². The highest BCUT2D eigenvalue weighted by atomic mass is 127. The van der Waals surface area contributed by atoms with E-state index in [0.717, 1.165) is 5.56 Å². The lowest BCUT2D eigenvalue weighted by Crippen LogP contribution is -2.05. The van der Waals surface area contributed by atoms with Gasteiger partial charge in [-0.05, 0) is 53.8 Å². The molecule has 0 saturated carbocycles. The van der Waals surface area contributed by atoms with Crippen molar-refractivity contribution in [1.29, 1.82) is 0 Å². The van der Waals surface area contributed by atoms with Crippen LogP contribution in [0.1, 0.15) is 22.8 Å². The molecule has 0 heterocycles. The molecule has 0 aromatic heterocycles. The monoisotopic (exact) mass is 466 g/mol. The molecule has 2 rings (SSSR count). The van der Waals surface area contributed by atoms with Gasteiger partial charge in [-0.25, -0.2) is 4.79 Å². The van der Waals surface area contributed by atoms with Gasteiger partial charge in [-0.3, -0.25) is 0 Å². The van der Waals surface area contributed by atoms with Crippen molar-refractivity contribution in [2.45, 2.75) is 13.5 Å². The molecule has 2 aromatic rings. The van der Waals surface area contributed by atoms with Gasteiger partial charge < -0.3 is 14.6 Å². The molecule has 1 N–H and O–H groups in total. The third-order valence-electron chi connectivity index (χ3n) is 2.94. The highest BCUT2D eigenvalue weighted by molar-refractivity contribution is 14.1. The fraction of sp³-hybridized carbons (Fsp3) is 0.188. The Hall–Kier alpha value is -1.18. The van der Waals surface area contributed by atoms with Crippen LogP contribution in [0.25, 0.3) is 0 Å². The van der Waals surface area contributed by atoms with Crippen LogP contribution in [0.2, 0.25) is 10.0 Å². The third-order valence-corrected chi connectivity index (χ3v) is 4.33. The molecule has 0 aliphatic rings. The van der Waals surface area contributed by atoms with E-state index in [-0.39, 0.29) is 12.2 Å². The van der Waals surface area contributed by atoms with Crippen molar-refractivity contribution >= 4 is 51.8 Å². The maximum Gasteiger partial charge on any atom is 0.335 e. The van der Waals surface area contributed by atoms with Crippen LogP contribution < -0.4 is 9.47 Å². The minimum Gasteiger partial charge on any atom is -0.490 e. The molecule has 23 heavy (non-hydrogen) atoms. The first kappa shape index (κ1) is 18.2. The quantitative estimate of drug-likeness (QED) is 0.589. The Bertz CT molecular complexity index is 734. The van der Waals surface area contributed by atoms with Crippen molar-refractivity contribution in [3.8, 4) is 11.5 Å². The molecule has 4 nitrogen and oxygen atoms in total. The van der Waals surface area contributed by atoms with Crippen molar-refractivity contribution in [2.75, 3.05) is 6.61 Å². The molecule has 7 heteroatoms. The topological polar surface area (TPSA) is 55.8 Å². The largest absolute Gasteiger partial charge is 0.490 e. The van der Waals surface area contributed by atoms with Crippen molar-refractivity contribution in [2.24, 2.45) is 0 Å². The van der Waals surface area contributed by atoms with Gasteiger partial charge in [0.2, 0.25) is 0 Å². The average Bonchev–Trinajstić information content (AvgIpc) is 2.48. The van der Waals surface area contributed by atoms with Crippen molar-refractivity contribution < 1.29 is 19.4 Å². The maximum absolute atomic E-state index is 11.1. The number of carbonyl (C=O) groups is 1. The summed E-state index contributed by atoms with van der Waals surface area (Å²) in [6, 6.07) is 8.14. The number of halogens is 3. The molecule has 0 unspecified atom stereocenters. The van der Waals surface area contributed by atoms with Gasteiger partial charge in [0.1, 0.15) is 6.61 Å². The molecule has 0 amide bonds. The van der Waals surface area contributed by atoms with E-state index < -0.39 is 5.97 Å². The molecular weight excluding hydrogens is 454 g/mol. The van der Waals surface area contributed by atoms with Crippen LogP contribution >= 0.6 is 45.8 Å². The van der Waals surface area contributed by atoms with Gasteiger partial charge in [-0.15, -0.1) is 0 Å². The Labute approximate surface area is 157 Å². The summed E-state index contributed by atoms with van der Waals surface area (Å²) in [4.78, 5) is 11.1. The minimum absolute atomic E-state index is 0.148. The molecular formula is C16H13Cl2IO4. The molecule has 0 spiro atoms. The van der Waals surface area contributed by atoms with E-state index in [1.807, 2.05) is 29.5 Å². The number of hydrogen-bond acceptors (Lipinski definition) is 3. The van der Waals surface area contributed by atoms with E-state index in [9.17, 15) is 4.79 Å². The number of carboxylic acids is 1. The Morgan fingerprint density at radius 3 is 2.57 bits per heavy atom. The zero-order chi connectivity index (χ0) is 17.0. The van der Waals surface area contributed by atoms with Gasteiger partial charge in [-0.1, -0.05) is 29.3 Å². The Kier molecular flexibility index (Phi) is 6.38. The molecule has 0 radical (unpaired) electrons. The summed E-state index contributed by atoms with van der Waals surface area (Å²) < 4.78 is 12.0. The summed E-state index contributed by atoms with van der Waals surface area (Å²) in [5, 5.41) is 10.2. The number of benzene rings is 2. The molecule has 0 saturated heterocycles. The molecule has 122 valence electrons. The predicted molar refractivity (Wildman–Crippen MR) is 98.1 cm³/mol. The number of carboxylic acid groups (broad SMARTS) is 1. The molecule has 0 aliphatic carbocycles. The predicted octanol–water partition coefficient (Wildman–Crippen LogP) is 5.27. The number of ether oxygens (including phenoxy) is 2. The first-order valence-corrected chi connectivity index (χ1v) is 8.52. The molecule has 2 aromatic carbocycles. The first-order valence-electron chi connectivity index (χ1n) is 6.68. The average molecular weight is 467 g/mol. The second-order valence-corrected chi connectivity index (χ2v) is 6.55. The summed E-state index contributed by atoms with van der Waals surface area (Å²) >= 11 is 14.0. The SMILES string of the molecule is CCOc1cc(C(=O)O)cc(I)c1OCc1ccc(Cl)cc1Cl. The zero-order valence-electron chi connectivity index (χ0n) is 12.1. The van der Waals surface area contributed by atoms with Crippen molar-refractivity contribution in [3.05, 3.63) is 55.1 Å². The Balaban J connectivity index is 2.29. The highest BCUT2D eigenvalue weighted by Crippen LogP contribution is 2.35. The Morgan fingerprint density at radius 1 is 1.22 bits per heavy atom. The van der Waals surface area contributed by atoms with E-state index in [0.29, 0.717) is 31.7 Å². The van der Waals surface area contributed by atoms with Crippen molar-refractivity contribution in [1.82, 2.24) is 0 Å². The highest BCUT2D eigenvalue weighted by Gasteiger charge is 2.16. The lowest BCUT2D eigenvalue weighted by Gasteiger charge is -2.15. The summed E-state index contributed by atoms with van der Waals surface area (Å²) in [6.07, 6.45) is 0. The summed E-state index contributed by atoms with van der Waals surface area (Å²) in [7, 11) is 0. The van der Waals surface area contributed by atoms with Gasteiger partial charge in [0, 0.05) is 15.6 Å². The minimum atomic E-state index is -1.02. The smallest absolute Gasteiger partial charge is 0.335 e. The van der Waals surface area contributed by atoms with E-state index in [2.05, 4.69) is 0 Å². The van der Waals surface area contributed by atoms with Gasteiger partial charge in [0.25, 0.3) is 0 Å². The van der Waals surface area contributed by atoms with Gasteiger partial charge in [0.05, 0.1) is 15.7 Å². The van der Waals surface area contributed by atoms with Crippen LogP contribution in [-0.4, -0.2) is 17.7 Å². The summed E-state index contributed by atoms with van der Waals surface area (Å²) in [6.45, 7) is 2.44. The number of hydrogen-bond donors (Lipinski definition) is 1. The molecule has 0 aliphatic heterocycles. The zero-order valence-corrected chi connectivity index (χ0v) is 15.8. The van der Waals surface area contributed by atoms with Crippen LogP contribution in [0.3, 0.4) is 0 Å². The fourth-order valence-corrected chi connectivity index (χ4v) is 3.10. The van der Waals surface area contributed by atoms with Gasteiger partial charge in [0.15, 0.2) is 11.5 Å². The number of aromatic carboxylic acids is 1. The lowest BCUT2D eigenvalue weighted by molar-refractivity contribution is 0.0696. The van der Waals surface area contributed by atoms with Crippen molar-refractivity contribution in [3.63, 3.8) is 0 Å². The van der Waals surface area contributed by atoms with Crippen LogP contribution in [0.5, 0.6) is 11.5 Å². The van der Waals surface area contributed by atoms with E-state index >= 15 is 0 Å². The molecule has 0 atom stereocenters. The summed E-state index contributed by atoms with van der Waals surface area (Å²) in [5.41, 5.74) is 0.923. The van der Waals surface area contributed by atoms with Crippen LogP contribution in [0.4, 0.5) is 0 Å². The van der Waals surface area contributed by atoms with Gasteiger partial charge in [-0.2, -0.15) is 0 Å². The Morgan fingerprint density at radius 2 is 1.96 bits per heavy atom. The summed E-state index contributed by atoms with van der Waals surface area (Å²) in [5.74, 6) is -0.137. The lowest BCUT2D eigenvalue weighted by atomic mass is 10.2. The van der Waals surface area contributed by atoms with Crippen LogP contribution in [0, 0.1) is 3.57 Å². The molecule has 0 fully saturated rings.